The number of nitriles is 1. The Bertz CT molecular complexity index is 1180. The number of anilines is 1. The highest BCUT2D eigenvalue weighted by molar-refractivity contribution is 8.13. The number of hydrogen-bond acceptors (Lipinski definition) is 9. The molecule has 12 heteroatoms. The van der Waals surface area contributed by atoms with Crippen LogP contribution in [0.5, 0.6) is 5.75 Å². The van der Waals surface area contributed by atoms with Gasteiger partial charge in [0.15, 0.2) is 5.71 Å². The zero-order valence-corrected chi connectivity index (χ0v) is 17.7. The molecule has 0 spiro atoms. The number of hydrogen-bond donors (Lipinski definition) is 0. The van der Waals surface area contributed by atoms with E-state index in [2.05, 4.69) is 15.3 Å². The standard InChI is InChI=1S/C19H16ClN5O5S/c1-29-9-10-30-17-8-7-14(31(20,27)28)11-15(17)22-23-18-16(12-21)24-25(19(18)26)13-5-3-2-4-6-13/h2-8,11,18H,9-10H2,1H3. The number of carbonyl (C=O) groups excluding carboxylic acids is 1. The number of benzene rings is 2. The molecule has 2 aromatic rings. The Hall–Kier alpha value is -3.33. The number of para-hydroxylation sites is 1. The van der Waals surface area contributed by atoms with E-state index in [4.69, 9.17) is 20.2 Å². The second-order valence-corrected chi connectivity index (χ2v) is 8.68. The van der Waals surface area contributed by atoms with E-state index in [1.165, 1.54) is 19.2 Å². The Labute approximate surface area is 182 Å². The Morgan fingerprint density at radius 3 is 2.61 bits per heavy atom. The number of nitrogens with zero attached hydrogens (tertiary/aromatic N) is 5. The summed E-state index contributed by atoms with van der Waals surface area (Å²) in [5.74, 6) is -0.375. The summed E-state index contributed by atoms with van der Waals surface area (Å²) in [4.78, 5) is 12.5. The van der Waals surface area contributed by atoms with Crippen LogP contribution in [0.1, 0.15) is 0 Å². The molecule has 1 unspecified atom stereocenters. The maximum Gasteiger partial charge on any atom is 0.281 e. The predicted molar refractivity (Wildman–Crippen MR) is 112 cm³/mol. The van der Waals surface area contributed by atoms with Gasteiger partial charge in [-0.05, 0) is 30.3 Å². The normalized spacial score (nSPS) is 16.4. The Morgan fingerprint density at radius 1 is 1.23 bits per heavy atom. The molecule has 31 heavy (non-hydrogen) atoms. The number of azo groups is 1. The number of rotatable bonds is 8. The highest BCUT2D eigenvalue weighted by atomic mass is 35.7. The highest BCUT2D eigenvalue weighted by Crippen LogP contribution is 2.33. The Kier molecular flexibility index (Phi) is 6.96. The van der Waals surface area contributed by atoms with Crippen LogP contribution in [0.4, 0.5) is 11.4 Å². The van der Waals surface area contributed by atoms with E-state index in [1.807, 2.05) is 6.07 Å². The van der Waals surface area contributed by atoms with Gasteiger partial charge in [0.1, 0.15) is 24.1 Å². The second-order valence-electron chi connectivity index (χ2n) is 6.11. The number of hydrazone groups is 1. The van der Waals surface area contributed by atoms with Crippen molar-refractivity contribution in [3.8, 4) is 11.8 Å². The first-order valence-corrected chi connectivity index (χ1v) is 11.1. The minimum Gasteiger partial charge on any atom is -0.489 e. The van der Waals surface area contributed by atoms with Gasteiger partial charge in [0.25, 0.3) is 15.0 Å². The summed E-state index contributed by atoms with van der Waals surface area (Å²) in [6.07, 6.45) is 0. The van der Waals surface area contributed by atoms with Gasteiger partial charge in [-0.1, -0.05) is 18.2 Å². The lowest BCUT2D eigenvalue weighted by molar-refractivity contribution is -0.117. The summed E-state index contributed by atoms with van der Waals surface area (Å²) < 4.78 is 33.8. The summed E-state index contributed by atoms with van der Waals surface area (Å²) in [5.41, 5.74) is 0.332. The zero-order chi connectivity index (χ0) is 22.4. The fraction of sp³-hybridized carbons (Fsp3) is 0.211. The third-order valence-electron chi connectivity index (χ3n) is 4.06. The molecule has 1 aliphatic heterocycles. The number of amides is 1. The lowest BCUT2D eigenvalue weighted by Gasteiger charge is -2.12. The molecule has 0 N–H and O–H groups in total. The topological polar surface area (TPSA) is 134 Å². The van der Waals surface area contributed by atoms with Crippen LogP contribution in [-0.2, 0) is 18.6 Å². The minimum atomic E-state index is -4.04. The number of methoxy groups -OCH3 is 1. The molecule has 0 aliphatic carbocycles. The zero-order valence-electron chi connectivity index (χ0n) is 16.2. The van der Waals surface area contributed by atoms with Crippen molar-refractivity contribution in [1.82, 2.24) is 0 Å². The van der Waals surface area contributed by atoms with Crippen LogP contribution >= 0.6 is 10.7 Å². The van der Waals surface area contributed by atoms with Gasteiger partial charge in [-0.15, -0.1) is 0 Å². The molecule has 0 radical (unpaired) electrons. The van der Waals surface area contributed by atoms with E-state index < -0.39 is 21.0 Å². The molecule has 10 nitrogen and oxygen atoms in total. The van der Waals surface area contributed by atoms with Gasteiger partial charge in [0, 0.05) is 17.8 Å². The lowest BCUT2D eigenvalue weighted by Crippen LogP contribution is -2.30. The van der Waals surface area contributed by atoms with Crippen molar-refractivity contribution >= 4 is 42.7 Å². The summed E-state index contributed by atoms with van der Waals surface area (Å²) in [6.45, 7) is 0.450. The minimum absolute atomic E-state index is 0.0149. The molecule has 3 rings (SSSR count). The molecule has 0 saturated heterocycles. The fourth-order valence-electron chi connectivity index (χ4n) is 2.59. The van der Waals surface area contributed by atoms with Gasteiger partial charge in [-0.3, -0.25) is 4.79 Å². The van der Waals surface area contributed by atoms with E-state index in [0.717, 1.165) is 11.1 Å². The van der Waals surface area contributed by atoms with Crippen LogP contribution in [0.3, 0.4) is 0 Å². The quantitative estimate of drug-likeness (QED) is 0.337. The molecule has 1 aliphatic rings. The molecule has 2 aromatic carbocycles. The SMILES string of the molecule is COCCOc1ccc(S(=O)(=O)Cl)cc1N=NC1C(=O)N(c2ccccc2)N=C1C#N. The van der Waals surface area contributed by atoms with Crippen molar-refractivity contribution in [3.05, 3.63) is 48.5 Å². The number of halogens is 1. The molecule has 160 valence electrons. The van der Waals surface area contributed by atoms with Gasteiger partial charge in [-0.25, -0.2) is 8.42 Å². The highest BCUT2D eigenvalue weighted by Gasteiger charge is 2.37. The summed E-state index contributed by atoms with van der Waals surface area (Å²) in [5, 5.41) is 22.4. The van der Waals surface area contributed by atoms with Gasteiger partial charge < -0.3 is 9.47 Å². The molecule has 0 fully saturated rings. The van der Waals surface area contributed by atoms with Crippen LogP contribution < -0.4 is 9.75 Å². The van der Waals surface area contributed by atoms with Crippen LogP contribution in [0.25, 0.3) is 0 Å². The van der Waals surface area contributed by atoms with Crippen molar-refractivity contribution in [2.45, 2.75) is 10.9 Å². The van der Waals surface area contributed by atoms with Gasteiger partial charge >= 0.3 is 0 Å². The summed E-state index contributed by atoms with van der Waals surface area (Å²) >= 11 is 0. The predicted octanol–water partition coefficient (Wildman–Crippen LogP) is 3.02. The molecule has 1 heterocycles. The lowest BCUT2D eigenvalue weighted by atomic mass is 10.2. The van der Waals surface area contributed by atoms with Crippen LogP contribution in [0.15, 0.2) is 68.8 Å². The van der Waals surface area contributed by atoms with E-state index in [0.29, 0.717) is 5.69 Å². The second kappa shape index (κ2) is 9.65. The summed E-state index contributed by atoms with van der Waals surface area (Å²) in [6, 6.07) is 12.9. The third kappa shape index (κ3) is 5.24. The number of carbonyl (C=O) groups is 1. The monoisotopic (exact) mass is 461 g/mol. The molecular weight excluding hydrogens is 446 g/mol. The van der Waals surface area contributed by atoms with E-state index in [-0.39, 0.29) is 35.3 Å². The molecule has 1 atom stereocenters. The first kappa shape index (κ1) is 22.4. The van der Waals surface area contributed by atoms with Crippen molar-refractivity contribution < 1.29 is 22.7 Å². The van der Waals surface area contributed by atoms with Crippen molar-refractivity contribution in [3.63, 3.8) is 0 Å². The fourth-order valence-corrected chi connectivity index (χ4v) is 3.36. The van der Waals surface area contributed by atoms with Gasteiger partial charge in [0.2, 0.25) is 6.04 Å². The molecule has 0 bridgehead atoms. The largest absolute Gasteiger partial charge is 0.489 e. The average molecular weight is 462 g/mol. The van der Waals surface area contributed by atoms with Crippen LogP contribution in [0, 0.1) is 11.3 Å². The number of ether oxygens (including phenoxy) is 2. The Balaban J connectivity index is 1.93. The average Bonchev–Trinajstić information content (AvgIpc) is 3.08. The molecule has 1 amide bonds. The van der Waals surface area contributed by atoms with E-state index in [9.17, 15) is 18.5 Å². The van der Waals surface area contributed by atoms with Gasteiger partial charge in [-0.2, -0.15) is 25.6 Å². The van der Waals surface area contributed by atoms with E-state index >= 15 is 0 Å². The first-order chi connectivity index (χ1) is 14.8. The van der Waals surface area contributed by atoms with Gasteiger partial charge in [0.05, 0.1) is 17.2 Å². The first-order valence-electron chi connectivity index (χ1n) is 8.84. The maximum atomic E-state index is 12.8. The smallest absolute Gasteiger partial charge is 0.281 e. The van der Waals surface area contributed by atoms with Crippen LogP contribution in [0.2, 0.25) is 0 Å². The third-order valence-corrected chi connectivity index (χ3v) is 5.41. The molecule has 0 aromatic heterocycles. The van der Waals surface area contributed by atoms with E-state index in [1.54, 1.807) is 30.3 Å². The van der Waals surface area contributed by atoms with Crippen molar-refractivity contribution in [1.29, 1.82) is 5.26 Å². The molecule has 0 saturated carbocycles. The summed E-state index contributed by atoms with van der Waals surface area (Å²) in [7, 11) is 2.87. The van der Waals surface area contributed by atoms with Crippen molar-refractivity contribution in [2.75, 3.05) is 25.3 Å². The van der Waals surface area contributed by atoms with Crippen LogP contribution in [-0.4, -0.2) is 46.4 Å². The molecular formula is C19H16ClN5O5S. The van der Waals surface area contributed by atoms with Crippen molar-refractivity contribution in [2.24, 2.45) is 15.3 Å². The maximum absolute atomic E-state index is 12.8. The Morgan fingerprint density at radius 2 is 1.97 bits per heavy atom.